The minimum absolute atomic E-state index is 2.20. The largest absolute Gasteiger partial charge is 0.339 e. The summed E-state index contributed by atoms with van der Waals surface area (Å²) in [5.41, 5.74) is 0. The molecule has 0 aliphatic rings. The van der Waals surface area contributed by atoms with Gasteiger partial charge in [0.2, 0.25) is 0 Å². The molecule has 2 nitrogen and oxygen atoms in total. The first-order valence-electron chi connectivity index (χ1n) is 1.38. The van der Waals surface area contributed by atoms with E-state index in [9.17, 15) is 9.13 Å². The van der Waals surface area contributed by atoms with Crippen LogP contribution in [0, 0.1) is 0 Å². The van der Waals surface area contributed by atoms with Gasteiger partial charge in [-0.05, 0) is 33.7 Å². The van der Waals surface area contributed by atoms with E-state index in [0.29, 0.717) is 0 Å². The van der Waals surface area contributed by atoms with Crippen LogP contribution in [0.2, 0.25) is 0 Å². The summed E-state index contributed by atoms with van der Waals surface area (Å²) < 4.78 is 17.3. The van der Waals surface area contributed by atoms with Crippen LogP contribution >= 0.6 is 88.6 Å². The summed E-state index contributed by atoms with van der Waals surface area (Å²) >= 11 is 22.1. The van der Waals surface area contributed by atoms with Crippen LogP contribution < -0.4 is 0 Å². The molecule has 0 aromatic rings. The van der Waals surface area contributed by atoms with Gasteiger partial charge >= 0.3 is 5.20 Å². The summed E-state index contributed by atoms with van der Waals surface area (Å²) in [4.78, 5) is 0. The van der Waals surface area contributed by atoms with Gasteiger partial charge in [-0.15, -0.1) is 0 Å². The van der Waals surface area contributed by atoms with Crippen LogP contribution in [0.15, 0.2) is 0 Å². The van der Waals surface area contributed by atoms with Crippen LogP contribution in [0.3, 0.4) is 0 Å². The van der Waals surface area contributed by atoms with Gasteiger partial charge in [0.25, 0.3) is 3.25 Å². The third-order valence-electron chi connectivity index (χ3n) is 0. The zero-order chi connectivity index (χ0) is 9.00. The monoisotopic (exact) mass is 436 g/mol. The molecule has 0 saturated heterocycles. The predicted octanol–water partition coefficient (Wildman–Crippen LogP) is 6.09. The number of hydrogen-bond acceptors (Lipinski definition) is 2. The molecule has 0 saturated carbocycles. The molecule has 0 aromatic heterocycles. The lowest BCUT2D eigenvalue weighted by Gasteiger charge is -1.76. The highest BCUT2D eigenvalue weighted by molar-refractivity contribution is 9.94. The van der Waals surface area contributed by atoms with Crippen LogP contribution in [-0.4, -0.2) is 0 Å². The first kappa shape index (κ1) is 15.3. The number of halogens is 6. The molecule has 0 rings (SSSR count). The molecule has 0 unspecified atom stereocenters. The predicted molar refractivity (Wildman–Crippen MR) is 59.6 cm³/mol. The zero-order valence-corrected chi connectivity index (χ0v) is 12.8. The molecule has 0 atom stereocenters. The summed E-state index contributed by atoms with van der Waals surface area (Å²) in [5, 5.41) is -3.22. The summed E-state index contributed by atoms with van der Waals surface area (Å²) in [6.45, 7) is 0. The number of hydrogen-bond donors (Lipinski definition) is 0. The van der Waals surface area contributed by atoms with Gasteiger partial charge in [-0.3, -0.25) is 9.13 Å². The van der Waals surface area contributed by atoms with E-state index in [2.05, 4.69) is 80.2 Å². The second-order valence-electron chi connectivity index (χ2n) is 0.797. The molecule has 0 heterocycles. The van der Waals surface area contributed by atoms with Gasteiger partial charge in [-0.1, -0.05) is 0 Å². The second-order valence-corrected chi connectivity index (χ2v) is 25.8. The normalized spacial score (nSPS) is 11.8. The van der Waals surface area contributed by atoms with Crippen molar-refractivity contribution in [1.82, 2.24) is 0 Å². The van der Waals surface area contributed by atoms with E-state index in [1.54, 1.807) is 0 Å². The van der Waals surface area contributed by atoms with Gasteiger partial charge in [0.05, 0.1) is 0 Å². The van der Waals surface area contributed by atoms with Gasteiger partial charge in [-0.25, -0.2) is 0 Å². The molecule has 0 amide bonds. The van der Waals surface area contributed by atoms with Crippen molar-refractivity contribution in [3.8, 4) is 0 Å². The molecule has 0 aliphatic carbocycles. The van der Waals surface area contributed by atoms with Gasteiger partial charge in [0.15, 0.2) is 0 Å². The van der Waals surface area contributed by atoms with Gasteiger partial charge < -0.3 is 0 Å². The van der Waals surface area contributed by atoms with Gasteiger partial charge in [-0.2, -0.15) is 0 Å². The van der Waals surface area contributed by atoms with E-state index in [1.165, 1.54) is 0 Å². The Morgan fingerprint density at radius 1 is 0.900 bits per heavy atom. The first-order chi connectivity index (χ1) is 4.00. The van der Waals surface area contributed by atoms with Crippen molar-refractivity contribution < 1.29 is 9.13 Å². The topological polar surface area (TPSA) is 34.1 Å². The maximum Gasteiger partial charge on any atom is 0.339 e. The molecule has 10 heteroatoms. The van der Waals surface area contributed by atoms with Crippen LogP contribution in [0.1, 0.15) is 0 Å². The summed E-state index contributed by atoms with van der Waals surface area (Å²) in [7, 11) is 0. The van der Waals surface area contributed by atoms with E-state index >= 15 is 0 Å². The molecule has 0 bridgehead atoms. The van der Waals surface area contributed by atoms with Crippen molar-refractivity contribution in [2.45, 2.75) is 0 Å². The third kappa shape index (κ3) is 134. The fourth-order valence-electron chi connectivity index (χ4n) is 0. The Labute approximate surface area is 96.7 Å². The van der Waals surface area contributed by atoms with Crippen molar-refractivity contribution in [1.29, 1.82) is 0 Å². The lowest BCUT2D eigenvalue weighted by atomic mass is 16.0. The zero-order valence-electron chi connectivity index (χ0n) is 3.98. The summed E-state index contributed by atoms with van der Waals surface area (Å²) in [5.74, 6) is 0. The van der Waals surface area contributed by atoms with E-state index in [0.717, 1.165) is 0 Å². The lowest BCUT2D eigenvalue weighted by Crippen LogP contribution is -1.19. The SMILES string of the molecule is O=P(Br)(Br)Br.O=P(Cl)(Cl)Cl. The smallest absolute Gasteiger partial charge is 0.287 e. The summed E-state index contributed by atoms with van der Waals surface area (Å²) in [6, 6.07) is 0. The van der Waals surface area contributed by atoms with Crippen LogP contribution in [-0.2, 0) is 9.13 Å². The van der Waals surface area contributed by atoms with E-state index in [-0.39, 0.29) is 0 Å². The minimum Gasteiger partial charge on any atom is -0.287 e. The fraction of sp³-hybridized carbons (Fsp3) is 0. The van der Waals surface area contributed by atoms with Crippen molar-refractivity contribution >= 4 is 88.6 Å². The van der Waals surface area contributed by atoms with Crippen LogP contribution in [0.5, 0.6) is 0 Å². The number of rotatable bonds is 0. The highest BCUT2D eigenvalue weighted by Gasteiger charge is 2.03. The van der Waals surface area contributed by atoms with Crippen molar-refractivity contribution in [3.63, 3.8) is 0 Å². The Kier molecular flexibility index (Phi) is 9.54. The third-order valence-corrected chi connectivity index (χ3v) is 0. The van der Waals surface area contributed by atoms with Gasteiger partial charge in [0.1, 0.15) is 0 Å². The van der Waals surface area contributed by atoms with E-state index in [4.69, 9.17) is 0 Å². The second kappa shape index (κ2) is 6.26. The average molecular weight is 440 g/mol. The molecule has 0 aromatic carbocycles. The van der Waals surface area contributed by atoms with Crippen molar-refractivity contribution in [3.05, 3.63) is 0 Å². The van der Waals surface area contributed by atoms with E-state index in [1.807, 2.05) is 0 Å². The molecule has 0 N–H and O–H groups in total. The fourth-order valence-corrected chi connectivity index (χ4v) is 0. The maximum absolute atomic E-state index is 9.97. The average Bonchev–Trinajstić information content (AvgIpc) is 1.12. The quantitative estimate of drug-likeness (QED) is 0.428. The molecular formula is Br3Cl3O2P2. The highest BCUT2D eigenvalue weighted by atomic mass is 80.0. The van der Waals surface area contributed by atoms with Crippen molar-refractivity contribution in [2.75, 3.05) is 0 Å². The Morgan fingerprint density at radius 2 is 0.900 bits per heavy atom. The highest BCUT2D eigenvalue weighted by Crippen LogP contribution is 2.68. The minimum atomic E-state index is -3.22. The Morgan fingerprint density at radius 3 is 0.900 bits per heavy atom. The molecule has 64 valence electrons. The Bertz CT molecular complexity index is 132. The Hall–Kier alpha value is 2.77. The summed E-state index contributed by atoms with van der Waals surface area (Å²) in [6.07, 6.45) is 0. The molecule has 10 heavy (non-hydrogen) atoms. The Balaban J connectivity index is 0. The van der Waals surface area contributed by atoms with Gasteiger partial charge in [0, 0.05) is 46.5 Å². The lowest BCUT2D eigenvalue weighted by molar-refractivity contribution is 0.599. The van der Waals surface area contributed by atoms with E-state index < -0.39 is 8.45 Å². The molecule has 0 radical (unpaired) electrons. The van der Waals surface area contributed by atoms with Crippen molar-refractivity contribution in [2.24, 2.45) is 0 Å². The first-order valence-corrected chi connectivity index (χ1v) is 13.6. The molecule has 0 aliphatic heterocycles. The van der Waals surface area contributed by atoms with Crippen LogP contribution in [0.4, 0.5) is 0 Å². The molecule has 0 spiro atoms. The molecule has 0 fully saturated rings. The van der Waals surface area contributed by atoms with Crippen LogP contribution in [0.25, 0.3) is 0 Å². The standard InChI is InChI=1S/Br3OP.Cl3OP/c2*1-5(2,3)4. The maximum atomic E-state index is 9.97. The molecular weight excluding hydrogens is 440 g/mol.